The molecule has 1 heterocycles. The summed E-state index contributed by atoms with van der Waals surface area (Å²) in [4.78, 5) is 0. The number of hydrogen-bond donors (Lipinski definition) is 1. The van der Waals surface area contributed by atoms with E-state index < -0.39 is 0 Å². The molecule has 1 aromatic heterocycles. The van der Waals surface area contributed by atoms with Crippen molar-refractivity contribution < 1.29 is 0 Å². The highest BCUT2D eigenvalue weighted by Crippen LogP contribution is 2.32. The molecule has 1 aliphatic rings. The number of hydrogen-bond acceptors (Lipinski definition) is 2. The average molecular weight is 298 g/mol. The van der Waals surface area contributed by atoms with E-state index in [-0.39, 0.29) is 0 Å². The van der Waals surface area contributed by atoms with Gasteiger partial charge >= 0.3 is 0 Å². The van der Waals surface area contributed by atoms with Crippen LogP contribution in [0.2, 0.25) is 5.02 Å². The van der Waals surface area contributed by atoms with Crippen LogP contribution in [0.4, 0.5) is 0 Å². The lowest BCUT2D eigenvalue weighted by atomic mass is 9.85. The van der Waals surface area contributed by atoms with Gasteiger partial charge in [0, 0.05) is 7.05 Å². The Labute approximate surface area is 128 Å². The summed E-state index contributed by atoms with van der Waals surface area (Å²) >= 11 is 6.32. The van der Waals surface area contributed by atoms with Gasteiger partial charge in [-0.15, -0.1) is 0 Å². The number of halogens is 1. The lowest BCUT2D eigenvalue weighted by molar-refractivity contribution is 0.311. The summed E-state index contributed by atoms with van der Waals surface area (Å²) in [6.07, 6.45) is 12.5. The van der Waals surface area contributed by atoms with Gasteiger partial charge in [-0.2, -0.15) is 5.10 Å². The standard InChI is InChI=1S/C16H28ClN3/c1-3-11-18-15(16-14(17)12-19-20(16)2)10-9-13-7-5-4-6-8-13/h12-13,15,18H,3-11H2,1-2H3. The summed E-state index contributed by atoms with van der Waals surface area (Å²) in [6, 6.07) is 0.344. The zero-order valence-electron chi connectivity index (χ0n) is 12.9. The smallest absolute Gasteiger partial charge is 0.0833 e. The number of aryl methyl sites for hydroxylation is 1. The number of nitrogens with zero attached hydrogens (tertiary/aromatic N) is 2. The second-order valence-electron chi connectivity index (χ2n) is 6.09. The zero-order valence-corrected chi connectivity index (χ0v) is 13.6. The summed E-state index contributed by atoms with van der Waals surface area (Å²) in [5.74, 6) is 0.918. The molecular formula is C16H28ClN3. The first-order chi connectivity index (χ1) is 9.72. The fraction of sp³-hybridized carbons (Fsp3) is 0.812. The maximum Gasteiger partial charge on any atom is 0.0833 e. The van der Waals surface area contributed by atoms with Gasteiger partial charge in [0.2, 0.25) is 0 Å². The fourth-order valence-electron chi connectivity index (χ4n) is 3.34. The predicted molar refractivity (Wildman–Crippen MR) is 85.1 cm³/mol. The molecule has 2 rings (SSSR count). The van der Waals surface area contributed by atoms with E-state index >= 15 is 0 Å². The van der Waals surface area contributed by atoms with Crippen LogP contribution in [0.5, 0.6) is 0 Å². The summed E-state index contributed by atoms with van der Waals surface area (Å²) in [7, 11) is 1.99. The van der Waals surface area contributed by atoms with Gasteiger partial charge in [-0.05, 0) is 31.7 Å². The second kappa shape index (κ2) is 8.04. The normalized spacial score (nSPS) is 18.4. The Morgan fingerprint density at radius 2 is 2.15 bits per heavy atom. The summed E-state index contributed by atoms with van der Waals surface area (Å²) in [5.41, 5.74) is 1.15. The van der Waals surface area contributed by atoms with Gasteiger partial charge in [0.25, 0.3) is 0 Å². The molecule has 1 fully saturated rings. The quantitative estimate of drug-likeness (QED) is 0.804. The number of aromatic nitrogens is 2. The Hall–Kier alpha value is -0.540. The van der Waals surface area contributed by atoms with E-state index in [9.17, 15) is 0 Å². The average Bonchev–Trinajstić information content (AvgIpc) is 2.80. The second-order valence-corrected chi connectivity index (χ2v) is 6.50. The third kappa shape index (κ3) is 4.23. The van der Waals surface area contributed by atoms with E-state index in [2.05, 4.69) is 17.3 Å². The zero-order chi connectivity index (χ0) is 14.4. The SMILES string of the molecule is CCCNC(CCC1CCCCC1)c1c(Cl)cnn1C. The molecule has 1 aliphatic carbocycles. The molecule has 0 aliphatic heterocycles. The third-order valence-electron chi connectivity index (χ3n) is 4.50. The van der Waals surface area contributed by atoms with Crippen molar-refractivity contribution in [1.29, 1.82) is 0 Å². The molecule has 0 radical (unpaired) electrons. The molecule has 114 valence electrons. The largest absolute Gasteiger partial charge is 0.309 e. The third-order valence-corrected chi connectivity index (χ3v) is 4.79. The van der Waals surface area contributed by atoms with E-state index in [1.54, 1.807) is 6.20 Å². The molecule has 20 heavy (non-hydrogen) atoms. The van der Waals surface area contributed by atoms with Crippen LogP contribution in [0.1, 0.15) is 70.0 Å². The van der Waals surface area contributed by atoms with Crippen molar-refractivity contribution in [2.45, 2.75) is 64.3 Å². The summed E-state index contributed by atoms with van der Waals surface area (Å²) < 4.78 is 1.93. The Balaban J connectivity index is 1.96. The molecule has 0 bridgehead atoms. The summed E-state index contributed by atoms with van der Waals surface area (Å²) in [5, 5.41) is 8.73. The lowest BCUT2D eigenvalue weighted by Crippen LogP contribution is -2.25. The van der Waals surface area contributed by atoms with Gasteiger partial charge in [-0.25, -0.2) is 0 Å². The predicted octanol–water partition coefficient (Wildman–Crippen LogP) is 4.47. The van der Waals surface area contributed by atoms with Crippen molar-refractivity contribution in [2.24, 2.45) is 13.0 Å². The molecule has 1 aromatic rings. The van der Waals surface area contributed by atoms with Crippen LogP contribution in [0.3, 0.4) is 0 Å². The van der Waals surface area contributed by atoms with Gasteiger partial charge in [0.1, 0.15) is 0 Å². The Bertz CT molecular complexity index is 377. The first-order valence-corrected chi connectivity index (χ1v) is 8.51. The Morgan fingerprint density at radius 3 is 2.75 bits per heavy atom. The number of nitrogens with one attached hydrogen (secondary N) is 1. The molecule has 0 amide bonds. The van der Waals surface area contributed by atoms with Crippen LogP contribution in [0.15, 0.2) is 6.20 Å². The molecule has 0 saturated heterocycles. The van der Waals surface area contributed by atoms with Crippen LogP contribution < -0.4 is 5.32 Å². The van der Waals surface area contributed by atoms with Crippen LogP contribution in [0.25, 0.3) is 0 Å². The first-order valence-electron chi connectivity index (χ1n) is 8.13. The van der Waals surface area contributed by atoms with Crippen LogP contribution in [-0.4, -0.2) is 16.3 Å². The molecule has 1 saturated carbocycles. The van der Waals surface area contributed by atoms with Gasteiger partial charge < -0.3 is 5.32 Å². The highest BCUT2D eigenvalue weighted by atomic mass is 35.5. The summed E-state index contributed by atoms with van der Waals surface area (Å²) in [6.45, 7) is 3.24. The Morgan fingerprint density at radius 1 is 1.40 bits per heavy atom. The van der Waals surface area contributed by atoms with Crippen molar-refractivity contribution in [1.82, 2.24) is 15.1 Å². The maximum atomic E-state index is 6.32. The first kappa shape index (κ1) is 15.8. The topological polar surface area (TPSA) is 29.9 Å². The van der Waals surface area contributed by atoms with Crippen LogP contribution in [0, 0.1) is 5.92 Å². The van der Waals surface area contributed by atoms with Crippen molar-refractivity contribution in [3.63, 3.8) is 0 Å². The van der Waals surface area contributed by atoms with E-state index in [0.717, 1.165) is 29.6 Å². The van der Waals surface area contributed by atoms with Crippen molar-refractivity contribution >= 4 is 11.6 Å². The van der Waals surface area contributed by atoms with Crippen LogP contribution in [-0.2, 0) is 7.05 Å². The van der Waals surface area contributed by atoms with E-state index in [1.807, 2.05) is 11.7 Å². The van der Waals surface area contributed by atoms with Crippen molar-refractivity contribution in [3.8, 4) is 0 Å². The fourth-order valence-corrected chi connectivity index (χ4v) is 3.64. The van der Waals surface area contributed by atoms with Crippen molar-refractivity contribution in [2.75, 3.05) is 6.54 Å². The molecule has 0 aromatic carbocycles. The number of rotatable bonds is 7. The van der Waals surface area contributed by atoms with Gasteiger partial charge in [-0.1, -0.05) is 50.6 Å². The molecule has 1 N–H and O–H groups in total. The van der Waals surface area contributed by atoms with E-state index in [0.29, 0.717) is 6.04 Å². The van der Waals surface area contributed by atoms with Gasteiger partial charge in [0.05, 0.1) is 23.0 Å². The minimum absolute atomic E-state index is 0.344. The maximum absolute atomic E-state index is 6.32. The minimum atomic E-state index is 0.344. The molecule has 1 atom stereocenters. The molecule has 0 spiro atoms. The van der Waals surface area contributed by atoms with Gasteiger partial charge in [0.15, 0.2) is 0 Å². The lowest BCUT2D eigenvalue weighted by Gasteiger charge is -2.25. The van der Waals surface area contributed by atoms with Gasteiger partial charge in [-0.3, -0.25) is 4.68 Å². The van der Waals surface area contributed by atoms with Crippen LogP contribution >= 0.6 is 11.6 Å². The highest BCUT2D eigenvalue weighted by Gasteiger charge is 2.21. The molecule has 1 unspecified atom stereocenters. The van der Waals surface area contributed by atoms with E-state index in [4.69, 9.17) is 11.6 Å². The molecular weight excluding hydrogens is 270 g/mol. The minimum Gasteiger partial charge on any atom is -0.309 e. The highest BCUT2D eigenvalue weighted by molar-refractivity contribution is 6.31. The molecule has 3 nitrogen and oxygen atoms in total. The molecule has 4 heteroatoms. The Kier molecular flexibility index (Phi) is 6.37. The monoisotopic (exact) mass is 297 g/mol. The van der Waals surface area contributed by atoms with E-state index in [1.165, 1.54) is 44.9 Å². The van der Waals surface area contributed by atoms with Crippen molar-refractivity contribution in [3.05, 3.63) is 16.9 Å².